The van der Waals surface area contributed by atoms with E-state index in [0.717, 1.165) is 44.2 Å². The summed E-state index contributed by atoms with van der Waals surface area (Å²) < 4.78 is 5.39. The van der Waals surface area contributed by atoms with E-state index < -0.39 is 0 Å². The van der Waals surface area contributed by atoms with Gasteiger partial charge in [0.1, 0.15) is 0 Å². The smallest absolute Gasteiger partial charge is 0.233 e. The Morgan fingerprint density at radius 1 is 1.04 bits per heavy atom. The van der Waals surface area contributed by atoms with E-state index in [1.54, 1.807) is 11.8 Å². The Morgan fingerprint density at radius 3 is 2.41 bits per heavy atom. The molecule has 1 amide bonds. The number of carbonyl (C=O) groups excluding carboxylic acids is 1. The molecule has 1 atom stereocenters. The van der Waals surface area contributed by atoms with Crippen LogP contribution in [0.5, 0.6) is 0 Å². The lowest BCUT2D eigenvalue weighted by atomic mass is 10.1. The molecular formula is C22H28N2O2S. The van der Waals surface area contributed by atoms with Crippen molar-refractivity contribution in [3.8, 4) is 0 Å². The van der Waals surface area contributed by atoms with Crippen LogP contribution in [0.4, 0.5) is 0 Å². The van der Waals surface area contributed by atoms with Crippen LogP contribution in [-0.2, 0) is 28.4 Å². The zero-order valence-electron chi connectivity index (χ0n) is 15.9. The lowest BCUT2D eigenvalue weighted by Crippen LogP contribution is -2.35. The minimum absolute atomic E-state index is 0.0641. The summed E-state index contributed by atoms with van der Waals surface area (Å²) in [6, 6.07) is 18.8. The van der Waals surface area contributed by atoms with Gasteiger partial charge in [-0.2, -0.15) is 0 Å². The van der Waals surface area contributed by atoms with Crippen molar-refractivity contribution in [1.82, 2.24) is 10.2 Å². The molecule has 0 saturated carbocycles. The fourth-order valence-corrected chi connectivity index (χ4v) is 3.85. The predicted molar refractivity (Wildman–Crippen MR) is 112 cm³/mol. The molecule has 5 heteroatoms. The Bertz CT molecular complexity index is 700. The van der Waals surface area contributed by atoms with E-state index in [-0.39, 0.29) is 11.2 Å². The third kappa shape index (κ3) is 6.69. The molecule has 1 saturated heterocycles. The molecule has 1 fully saturated rings. The summed E-state index contributed by atoms with van der Waals surface area (Å²) >= 11 is 1.67. The fourth-order valence-electron chi connectivity index (χ4n) is 2.98. The van der Waals surface area contributed by atoms with Crippen LogP contribution in [0.3, 0.4) is 0 Å². The lowest BCUT2D eigenvalue weighted by Gasteiger charge is -2.26. The van der Waals surface area contributed by atoms with Gasteiger partial charge in [-0.15, -0.1) is 11.8 Å². The van der Waals surface area contributed by atoms with Crippen LogP contribution in [0.1, 0.15) is 23.6 Å². The Kier molecular flexibility index (Phi) is 7.75. The van der Waals surface area contributed by atoms with Gasteiger partial charge in [0, 0.05) is 31.9 Å². The van der Waals surface area contributed by atoms with E-state index in [4.69, 9.17) is 4.74 Å². The van der Waals surface area contributed by atoms with Crippen molar-refractivity contribution >= 4 is 17.7 Å². The Morgan fingerprint density at radius 2 is 1.70 bits per heavy atom. The Balaban J connectivity index is 1.40. The van der Waals surface area contributed by atoms with Crippen LogP contribution in [0, 0.1) is 0 Å². The fraction of sp³-hybridized carbons (Fsp3) is 0.409. The van der Waals surface area contributed by atoms with Gasteiger partial charge in [-0.05, 0) is 23.6 Å². The van der Waals surface area contributed by atoms with Crippen molar-refractivity contribution in [3.63, 3.8) is 0 Å². The van der Waals surface area contributed by atoms with Gasteiger partial charge in [0.05, 0.1) is 18.5 Å². The topological polar surface area (TPSA) is 41.6 Å². The summed E-state index contributed by atoms with van der Waals surface area (Å²) in [5.41, 5.74) is 3.69. The van der Waals surface area contributed by atoms with E-state index in [0.29, 0.717) is 6.54 Å². The summed E-state index contributed by atoms with van der Waals surface area (Å²) in [4.78, 5) is 14.7. The van der Waals surface area contributed by atoms with Crippen LogP contribution >= 0.6 is 11.8 Å². The zero-order valence-corrected chi connectivity index (χ0v) is 16.7. The largest absolute Gasteiger partial charge is 0.379 e. The molecule has 1 heterocycles. The van der Waals surface area contributed by atoms with E-state index in [1.807, 2.05) is 25.1 Å². The van der Waals surface area contributed by atoms with E-state index >= 15 is 0 Å². The summed E-state index contributed by atoms with van der Waals surface area (Å²) in [7, 11) is 0. The molecule has 0 bridgehead atoms. The van der Waals surface area contributed by atoms with E-state index in [1.165, 1.54) is 11.1 Å². The van der Waals surface area contributed by atoms with Crippen molar-refractivity contribution in [2.75, 3.05) is 26.3 Å². The summed E-state index contributed by atoms with van der Waals surface area (Å²) in [5, 5.41) is 2.99. The summed E-state index contributed by atoms with van der Waals surface area (Å²) in [6.07, 6.45) is 0. The van der Waals surface area contributed by atoms with Crippen molar-refractivity contribution in [2.24, 2.45) is 0 Å². The minimum Gasteiger partial charge on any atom is -0.379 e. The van der Waals surface area contributed by atoms with Crippen LogP contribution in [0.15, 0.2) is 54.6 Å². The monoisotopic (exact) mass is 384 g/mol. The standard InChI is InChI=1S/C22H28N2O2S/c1-18(27-17-21-5-3-2-4-6-21)22(25)23-15-19-7-9-20(10-8-19)16-24-11-13-26-14-12-24/h2-10,18H,11-17H2,1H3,(H,23,25)/t18-/m0/s1. The molecule has 1 aliphatic heterocycles. The van der Waals surface area contributed by atoms with Crippen LogP contribution < -0.4 is 5.32 Å². The second kappa shape index (κ2) is 10.5. The van der Waals surface area contributed by atoms with Gasteiger partial charge in [-0.25, -0.2) is 0 Å². The highest BCUT2D eigenvalue weighted by atomic mass is 32.2. The van der Waals surface area contributed by atoms with Crippen molar-refractivity contribution in [3.05, 3.63) is 71.3 Å². The molecule has 2 aromatic rings. The molecule has 0 aromatic heterocycles. The molecule has 3 rings (SSSR count). The molecule has 2 aromatic carbocycles. The van der Waals surface area contributed by atoms with Crippen molar-refractivity contribution < 1.29 is 9.53 Å². The van der Waals surface area contributed by atoms with Gasteiger partial charge in [0.25, 0.3) is 0 Å². The number of hydrogen-bond donors (Lipinski definition) is 1. The number of benzene rings is 2. The average Bonchev–Trinajstić information content (AvgIpc) is 2.73. The second-order valence-corrected chi connectivity index (χ2v) is 8.19. The molecular weight excluding hydrogens is 356 g/mol. The van der Waals surface area contributed by atoms with Crippen LogP contribution in [0.2, 0.25) is 0 Å². The van der Waals surface area contributed by atoms with Crippen molar-refractivity contribution in [2.45, 2.75) is 31.0 Å². The maximum Gasteiger partial charge on any atom is 0.233 e. The first-order valence-electron chi connectivity index (χ1n) is 9.52. The third-order valence-corrected chi connectivity index (χ3v) is 5.93. The average molecular weight is 385 g/mol. The molecule has 0 radical (unpaired) electrons. The number of amides is 1. The van der Waals surface area contributed by atoms with Gasteiger partial charge in [-0.1, -0.05) is 54.6 Å². The first-order valence-corrected chi connectivity index (χ1v) is 10.6. The zero-order chi connectivity index (χ0) is 18.9. The number of thioether (sulfide) groups is 1. The number of rotatable bonds is 8. The molecule has 1 aliphatic rings. The normalized spacial score (nSPS) is 16.0. The highest BCUT2D eigenvalue weighted by Gasteiger charge is 2.13. The molecule has 0 aliphatic carbocycles. The quantitative estimate of drug-likeness (QED) is 0.757. The number of hydrogen-bond acceptors (Lipinski definition) is 4. The van der Waals surface area contributed by atoms with Gasteiger partial charge < -0.3 is 10.1 Å². The lowest BCUT2D eigenvalue weighted by molar-refractivity contribution is -0.120. The van der Waals surface area contributed by atoms with Gasteiger partial charge in [0.15, 0.2) is 0 Å². The van der Waals surface area contributed by atoms with Crippen LogP contribution in [0.25, 0.3) is 0 Å². The molecule has 27 heavy (non-hydrogen) atoms. The van der Waals surface area contributed by atoms with Crippen LogP contribution in [-0.4, -0.2) is 42.4 Å². The van der Waals surface area contributed by atoms with E-state index in [9.17, 15) is 4.79 Å². The second-order valence-electron chi connectivity index (χ2n) is 6.86. The Hall–Kier alpha value is -1.82. The number of ether oxygens (including phenoxy) is 1. The molecule has 4 nitrogen and oxygen atoms in total. The number of carbonyl (C=O) groups is 1. The maximum atomic E-state index is 12.3. The SMILES string of the molecule is C[C@H](SCc1ccccc1)C(=O)NCc1ccc(CN2CCOCC2)cc1. The molecule has 0 spiro atoms. The number of nitrogens with one attached hydrogen (secondary N) is 1. The van der Waals surface area contributed by atoms with Gasteiger partial charge >= 0.3 is 0 Å². The summed E-state index contributed by atoms with van der Waals surface area (Å²) in [6.45, 7) is 7.15. The highest BCUT2D eigenvalue weighted by Crippen LogP contribution is 2.17. The van der Waals surface area contributed by atoms with Gasteiger partial charge in [0.2, 0.25) is 5.91 Å². The minimum atomic E-state index is -0.0641. The van der Waals surface area contributed by atoms with Crippen molar-refractivity contribution in [1.29, 1.82) is 0 Å². The maximum absolute atomic E-state index is 12.3. The Labute approximate surface area is 166 Å². The predicted octanol–water partition coefficient (Wildman–Crippen LogP) is 3.46. The van der Waals surface area contributed by atoms with Gasteiger partial charge in [-0.3, -0.25) is 9.69 Å². The summed E-state index contributed by atoms with van der Waals surface area (Å²) in [5.74, 6) is 0.944. The highest BCUT2D eigenvalue weighted by molar-refractivity contribution is 7.99. The molecule has 1 N–H and O–H groups in total. The van der Waals surface area contributed by atoms with E-state index in [2.05, 4.69) is 46.6 Å². The number of morpholine rings is 1. The first-order chi connectivity index (χ1) is 13.2. The number of nitrogens with zero attached hydrogens (tertiary/aromatic N) is 1. The molecule has 0 unspecified atom stereocenters. The first kappa shape index (κ1) is 19.9. The molecule has 144 valence electrons. The third-order valence-electron chi connectivity index (χ3n) is 4.71.